The van der Waals surface area contributed by atoms with E-state index in [1.54, 1.807) is 6.20 Å². The summed E-state index contributed by atoms with van der Waals surface area (Å²) in [5, 5.41) is 9.89. The Balaban J connectivity index is 2.22. The average Bonchev–Trinajstić information content (AvgIpc) is 2.69. The molecule has 74 valence electrons. The van der Waals surface area contributed by atoms with Crippen LogP contribution in [-0.4, -0.2) is 16.7 Å². The normalized spacial score (nSPS) is 17.4. The second kappa shape index (κ2) is 3.80. The molecule has 1 unspecified atom stereocenters. The highest BCUT2D eigenvalue weighted by Gasteiger charge is 2.18. The summed E-state index contributed by atoms with van der Waals surface area (Å²) >= 11 is 0. The zero-order valence-corrected chi connectivity index (χ0v) is 8.10. The van der Waals surface area contributed by atoms with Crippen molar-refractivity contribution in [3.63, 3.8) is 0 Å². The van der Waals surface area contributed by atoms with Gasteiger partial charge in [-0.2, -0.15) is 0 Å². The molecular weight excluding hydrogens is 178 g/mol. The Bertz CT molecular complexity index is 360. The molecule has 0 amide bonds. The minimum absolute atomic E-state index is 0.628. The Kier molecular flexibility index (Phi) is 2.50. The van der Waals surface area contributed by atoms with Gasteiger partial charge in [-0.05, 0) is 30.7 Å². The predicted octanol–water partition coefficient (Wildman–Crippen LogP) is 1.73. The molecule has 0 bridgehead atoms. The number of aryl methyl sites for hydroxylation is 1. The first-order valence-electron chi connectivity index (χ1n) is 4.71. The van der Waals surface area contributed by atoms with Gasteiger partial charge in [0.2, 0.25) is 0 Å². The van der Waals surface area contributed by atoms with Crippen molar-refractivity contribution in [3.05, 3.63) is 41.4 Å². The third-order valence-electron chi connectivity index (χ3n) is 2.22. The van der Waals surface area contributed by atoms with E-state index in [0.717, 1.165) is 12.0 Å². The number of aromatic nitrogens is 1. The van der Waals surface area contributed by atoms with E-state index in [1.165, 1.54) is 0 Å². The van der Waals surface area contributed by atoms with E-state index in [-0.39, 0.29) is 0 Å². The number of ether oxygens (including phenoxy) is 1. The quantitative estimate of drug-likeness (QED) is 0.774. The maximum absolute atomic E-state index is 9.89. The zero-order chi connectivity index (χ0) is 9.97. The second-order valence-corrected chi connectivity index (χ2v) is 3.40. The van der Waals surface area contributed by atoms with E-state index in [4.69, 9.17) is 4.74 Å². The van der Waals surface area contributed by atoms with Crippen LogP contribution in [0.5, 0.6) is 0 Å². The van der Waals surface area contributed by atoms with E-state index in [2.05, 4.69) is 4.98 Å². The highest BCUT2D eigenvalue weighted by atomic mass is 16.5. The fraction of sp³-hybridized carbons (Fsp3) is 0.364. The van der Waals surface area contributed by atoms with Gasteiger partial charge < -0.3 is 9.84 Å². The molecule has 0 aliphatic carbocycles. The van der Waals surface area contributed by atoms with Gasteiger partial charge in [0.25, 0.3) is 0 Å². The molecule has 0 saturated heterocycles. The number of rotatable bonds is 2. The standard InChI is InChI=1S/C11H13NO2/c1-8-4-5-12-9(7-8)11(13)10-3-2-6-14-10/h3-5,7,11,13H,2,6H2,1H3. The molecule has 1 aromatic rings. The first-order valence-corrected chi connectivity index (χ1v) is 4.71. The number of aliphatic hydroxyl groups excluding tert-OH is 1. The topological polar surface area (TPSA) is 42.4 Å². The van der Waals surface area contributed by atoms with Crippen molar-refractivity contribution < 1.29 is 9.84 Å². The largest absolute Gasteiger partial charge is 0.495 e. The first kappa shape index (κ1) is 9.21. The van der Waals surface area contributed by atoms with Crippen molar-refractivity contribution >= 4 is 0 Å². The average molecular weight is 191 g/mol. The maximum atomic E-state index is 9.89. The molecule has 0 fully saturated rings. The molecule has 0 saturated carbocycles. The Morgan fingerprint density at radius 3 is 3.07 bits per heavy atom. The van der Waals surface area contributed by atoms with Crippen LogP contribution < -0.4 is 0 Å². The minimum Gasteiger partial charge on any atom is -0.495 e. The summed E-state index contributed by atoms with van der Waals surface area (Å²) in [6.45, 7) is 2.64. The van der Waals surface area contributed by atoms with Gasteiger partial charge in [0.1, 0.15) is 5.76 Å². The van der Waals surface area contributed by atoms with Gasteiger partial charge in [0, 0.05) is 12.6 Å². The van der Waals surface area contributed by atoms with Crippen molar-refractivity contribution in [1.29, 1.82) is 0 Å². The highest BCUT2D eigenvalue weighted by Crippen LogP contribution is 2.24. The van der Waals surface area contributed by atoms with Crippen LogP contribution in [0.2, 0.25) is 0 Å². The Morgan fingerprint density at radius 2 is 2.43 bits per heavy atom. The molecular formula is C11H13NO2. The van der Waals surface area contributed by atoms with E-state index in [0.29, 0.717) is 18.1 Å². The van der Waals surface area contributed by atoms with Crippen LogP contribution in [0, 0.1) is 6.92 Å². The number of hydrogen-bond acceptors (Lipinski definition) is 3. The molecule has 0 aromatic carbocycles. The number of hydrogen-bond donors (Lipinski definition) is 1. The summed E-state index contributed by atoms with van der Waals surface area (Å²) in [6, 6.07) is 3.77. The van der Waals surface area contributed by atoms with Crippen LogP contribution in [0.15, 0.2) is 30.2 Å². The Morgan fingerprint density at radius 1 is 1.57 bits per heavy atom. The van der Waals surface area contributed by atoms with Gasteiger partial charge >= 0.3 is 0 Å². The molecule has 0 radical (unpaired) electrons. The lowest BCUT2D eigenvalue weighted by molar-refractivity contribution is 0.116. The number of pyridine rings is 1. The SMILES string of the molecule is Cc1ccnc(C(O)C2=CCCO2)c1. The Hall–Kier alpha value is -1.35. The van der Waals surface area contributed by atoms with Crippen molar-refractivity contribution in [3.8, 4) is 0 Å². The fourth-order valence-corrected chi connectivity index (χ4v) is 1.48. The summed E-state index contributed by atoms with van der Waals surface area (Å²) in [5.74, 6) is 0.628. The third-order valence-corrected chi connectivity index (χ3v) is 2.22. The van der Waals surface area contributed by atoms with Gasteiger partial charge in [-0.15, -0.1) is 0 Å². The summed E-state index contributed by atoms with van der Waals surface area (Å²) in [4.78, 5) is 4.11. The van der Waals surface area contributed by atoms with Crippen molar-refractivity contribution in [2.24, 2.45) is 0 Å². The molecule has 14 heavy (non-hydrogen) atoms. The van der Waals surface area contributed by atoms with Gasteiger partial charge in [-0.25, -0.2) is 0 Å². The molecule has 1 aliphatic heterocycles. The third kappa shape index (κ3) is 1.77. The van der Waals surface area contributed by atoms with Crippen molar-refractivity contribution in [2.45, 2.75) is 19.4 Å². The van der Waals surface area contributed by atoms with Crippen LogP contribution in [0.3, 0.4) is 0 Å². The van der Waals surface area contributed by atoms with Crippen LogP contribution >= 0.6 is 0 Å². The lowest BCUT2D eigenvalue weighted by atomic mass is 10.1. The van der Waals surface area contributed by atoms with Gasteiger partial charge in [0.15, 0.2) is 6.10 Å². The molecule has 1 aromatic heterocycles. The molecule has 1 aliphatic rings. The summed E-state index contributed by atoms with van der Waals surface area (Å²) in [6.07, 6.45) is 3.77. The summed E-state index contributed by atoms with van der Waals surface area (Å²) < 4.78 is 5.28. The number of aliphatic hydroxyl groups is 1. The van der Waals surface area contributed by atoms with Crippen LogP contribution in [-0.2, 0) is 4.74 Å². The summed E-state index contributed by atoms with van der Waals surface area (Å²) in [7, 11) is 0. The summed E-state index contributed by atoms with van der Waals surface area (Å²) in [5.41, 5.74) is 1.74. The first-order chi connectivity index (χ1) is 6.77. The van der Waals surface area contributed by atoms with Crippen LogP contribution in [0.1, 0.15) is 23.8 Å². The van der Waals surface area contributed by atoms with Gasteiger partial charge in [0.05, 0.1) is 12.3 Å². The minimum atomic E-state index is -0.711. The van der Waals surface area contributed by atoms with Gasteiger partial charge in [-0.3, -0.25) is 4.98 Å². The van der Waals surface area contributed by atoms with E-state index in [1.807, 2.05) is 25.1 Å². The van der Waals surface area contributed by atoms with Crippen molar-refractivity contribution in [1.82, 2.24) is 4.98 Å². The molecule has 3 heteroatoms. The van der Waals surface area contributed by atoms with Gasteiger partial charge in [-0.1, -0.05) is 0 Å². The highest BCUT2D eigenvalue weighted by molar-refractivity contribution is 5.22. The maximum Gasteiger partial charge on any atom is 0.152 e. The fourth-order valence-electron chi connectivity index (χ4n) is 1.48. The number of nitrogens with zero attached hydrogens (tertiary/aromatic N) is 1. The molecule has 0 spiro atoms. The van der Waals surface area contributed by atoms with Crippen molar-refractivity contribution in [2.75, 3.05) is 6.61 Å². The molecule has 3 nitrogen and oxygen atoms in total. The smallest absolute Gasteiger partial charge is 0.152 e. The van der Waals surface area contributed by atoms with Crippen LogP contribution in [0.4, 0.5) is 0 Å². The Labute approximate surface area is 83.1 Å². The molecule has 1 atom stereocenters. The monoisotopic (exact) mass is 191 g/mol. The predicted molar refractivity (Wildman–Crippen MR) is 52.6 cm³/mol. The lowest BCUT2D eigenvalue weighted by Crippen LogP contribution is -2.04. The van der Waals surface area contributed by atoms with E-state index in [9.17, 15) is 5.11 Å². The van der Waals surface area contributed by atoms with E-state index < -0.39 is 6.10 Å². The lowest BCUT2D eigenvalue weighted by Gasteiger charge is -2.11. The second-order valence-electron chi connectivity index (χ2n) is 3.40. The van der Waals surface area contributed by atoms with Crippen LogP contribution in [0.25, 0.3) is 0 Å². The zero-order valence-electron chi connectivity index (χ0n) is 8.10. The molecule has 1 N–H and O–H groups in total. The molecule has 2 heterocycles. The molecule has 2 rings (SSSR count). The van der Waals surface area contributed by atoms with E-state index >= 15 is 0 Å².